The van der Waals surface area contributed by atoms with Gasteiger partial charge in [-0.25, -0.2) is 0 Å². The van der Waals surface area contributed by atoms with Gasteiger partial charge in [0.1, 0.15) is 6.54 Å². The van der Waals surface area contributed by atoms with Crippen molar-refractivity contribution in [3.8, 4) is 11.1 Å². The van der Waals surface area contributed by atoms with Crippen molar-refractivity contribution >= 4 is 11.8 Å². The van der Waals surface area contributed by atoms with E-state index in [-0.39, 0.29) is 43.0 Å². The third-order valence-electron chi connectivity index (χ3n) is 6.26. The van der Waals surface area contributed by atoms with Gasteiger partial charge in [-0.2, -0.15) is 0 Å². The number of aliphatic hydroxyl groups excluding tert-OH is 1. The number of piperazine rings is 1. The van der Waals surface area contributed by atoms with Crippen LogP contribution in [-0.4, -0.2) is 68.5 Å². The molecule has 0 bridgehead atoms. The lowest BCUT2D eigenvalue weighted by molar-refractivity contribution is -0.159. The van der Waals surface area contributed by atoms with E-state index in [4.69, 9.17) is 0 Å². The maximum absolute atomic E-state index is 12.9. The molecular weight excluding hydrogens is 392 g/mol. The van der Waals surface area contributed by atoms with Crippen LogP contribution in [0.2, 0.25) is 0 Å². The summed E-state index contributed by atoms with van der Waals surface area (Å²) in [4.78, 5) is 37.1. The highest BCUT2D eigenvalue weighted by Crippen LogP contribution is 2.43. The Morgan fingerprint density at radius 1 is 1.00 bits per heavy atom. The molecule has 2 aliphatic heterocycles. The van der Waals surface area contributed by atoms with Crippen LogP contribution in [0.4, 0.5) is 0 Å². The standard InChI is InChI=1S/C24H22N4O3/c29-15-21-23(17-5-3-16(4-6-17)19-2-1-9-26-12-19)20-13-27(14-22(30)28(20)21)24(31)18-7-10-25-11-8-18/h1-12,20-21,23,29H,13-15H2/t20-,21+,23+/m0/s1. The van der Waals surface area contributed by atoms with E-state index >= 15 is 0 Å². The number of hydrogen-bond donors (Lipinski definition) is 1. The fourth-order valence-corrected chi connectivity index (χ4v) is 4.76. The number of rotatable bonds is 4. The molecule has 4 heterocycles. The number of pyridine rings is 2. The summed E-state index contributed by atoms with van der Waals surface area (Å²) in [6.45, 7) is 0.370. The van der Waals surface area contributed by atoms with Gasteiger partial charge in [0.05, 0.1) is 18.7 Å². The number of carbonyl (C=O) groups is 2. The lowest BCUT2D eigenvalue weighted by Gasteiger charge is -2.58. The zero-order valence-corrected chi connectivity index (χ0v) is 16.8. The van der Waals surface area contributed by atoms with Crippen molar-refractivity contribution in [3.63, 3.8) is 0 Å². The van der Waals surface area contributed by atoms with Gasteiger partial charge in [0.2, 0.25) is 5.91 Å². The highest BCUT2D eigenvalue weighted by molar-refractivity contribution is 5.97. The molecule has 2 saturated heterocycles. The van der Waals surface area contributed by atoms with Gasteiger partial charge < -0.3 is 14.9 Å². The fourth-order valence-electron chi connectivity index (χ4n) is 4.76. The minimum atomic E-state index is -0.264. The number of benzene rings is 1. The maximum atomic E-state index is 12.9. The molecule has 0 saturated carbocycles. The Labute approximate surface area is 180 Å². The van der Waals surface area contributed by atoms with Gasteiger partial charge in [-0.15, -0.1) is 0 Å². The van der Waals surface area contributed by atoms with E-state index in [1.807, 2.05) is 42.6 Å². The summed E-state index contributed by atoms with van der Waals surface area (Å²) < 4.78 is 0. The van der Waals surface area contributed by atoms with Crippen molar-refractivity contribution in [2.75, 3.05) is 19.7 Å². The SMILES string of the molecule is O=C(c1ccncc1)N1CC(=O)N2[C@H](CO)[C@H](c3ccc(-c4cccnc4)cc3)[C@@H]2C1. The van der Waals surface area contributed by atoms with Gasteiger partial charge in [0.25, 0.3) is 5.91 Å². The van der Waals surface area contributed by atoms with Crippen LogP contribution in [0.3, 0.4) is 0 Å². The van der Waals surface area contributed by atoms with Gasteiger partial charge in [0, 0.05) is 42.8 Å². The Hall–Kier alpha value is -3.58. The van der Waals surface area contributed by atoms with Crippen LogP contribution < -0.4 is 0 Å². The first-order valence-corrected chi connectivity index (χ1v) is 10.3. The van der Waals surface area contributed by atoms with E-state index in [0.717, 1.165) is 16.7 Å². The van der Waals surface area contributed by atoms with Crippen molar-refractivity contribution in [2.24, 2.45) is 0 Å². The third-order valence-corrected chi connectivity index (χ3v) is 6.26. The normalized spacial score (nSPS) is 22.6. The first-order chi connectivity index (χ1) is 15.2. The number of aromatic nitrogens is 2. The van der Waals surface area contributed by atoms with Gasteiger partial charge in [0.15, 0.2) is 0 Å². The van der Waals surface area contributed by atoms with Crippen molar-refractivity contribution in [2.45, 2.75) is 18.0 Å². The molecular formula is C24H22N4O3. The molecule has 1 aromatic carbocycles. The molecule has 3 aromatic rings. The second-order valence-electron chi connectivity index (χ2n) is 7.93. The van der Waals surface area contributed by atoms with Gasteiger partial charge in [-0.05, 0) is 34.9 Å². The number of fused-ring (bicyclic) bond motifs is 1. The average molecular weight is 414 g/mol. The van der Waals surface area contributed by atoms with Crippen LogP contribution in [0.25, 0.3) is 11.1 Å². The largest absolute Gasteiger partial charge is 0.394 e. The van der Waals surface area contributed by atoms with E-state index in [0.29, 0.717) is 12.1 Å². The monoisotopic (exact) mass is 414 g/mol. The summed E-state index contributed by atoms with van der Waals surface area (Å²) in [7, 11) is 0. The van der Waals surface area contributed by atoms with Crippen LogP contribution >= 0.6 is 0 Å². The maximum Gasteiger partial charge on any atom is 0.254 e. The highest BCUT2D eigenvalue weighted by Gasteiger charge is 2.54. The van der Waals surface area contributed by atoms with E-state index in [1.54, 1.807) is 40.5 Å². The van der Waals surface area contributed by atoms with E-state index < -0.39 is 0 Å². The molecule has 0 unspecified atom stereocenters. The van der Waals surface area contributed by atoms with Gasteiger partial charge in [-0.3, -0.25) is 19.6 Å². The Morgan fingerprint density at radius 3 is 2.45 bits per heavy atom. The first-order valence-electron chi connectivity index (χ1n) is 10.3. The van der Waals surface area contributed by atoms with Crippen molar-refractivity contribution in [3.05, 3.63) is 84.4 Å². The average Bonchev–Trinajstić information content (AvgIpc) is 2.81. The Bertz CT molecular complexity index is 1090. The molecule has 0 spiro atoms. The van der Waals surface area contributed by atoms with Crippen molar-refractivity contribution < 1.29 is 14.7 Å². The molecule has 5 rings (SSSR count). The predicted molar refractivity (Wildman–Crippen MR) is 114 cm³/mol. The van der Waals surface area contributed by atoms with Crippen LogP contribution in [0, 0.1) is 0 Å². The number of amides is 2. The van der Waals surface area contributed by atoms with E-state index in [2.05, 4.69) is 9.97 Å². The number of hydrogen-bond acceptors (Lipinski definition) is 5. The Kier molecular flexibility index (Phi) is 4.95. The smallest absolute Gasteiger partial charge is 0.254 e. The molecule has 31 heavy (non-hydrogen) atoms. The van der Waals surface area contributed by atoms with Crippen molar-refractivity contribution in [1.82, 2.24) is 19.8 Å². The molecule has 2 fully saturated rings. The summed E-state index contributed by atoms with van der Waals surface area (Å²) in [6, 6.07) is 15.0. The van der Waals surface area contributed by atoms with Crippen LogP contribution in [-0.2, 0) is 4.79 Å². The second kappa shape index (κ2) is 7.92. The molecule has 0 radical (unpaired) electrons. The zero-order chi connectivity index (χ0) is 21.4. The topological polar surface area (TPSA) is 86.6 Å². The molecule has 7 nitrogen and oxygen atoms in total. The van der Waals surface area contributed by atoms with Crippen LogP contribution in [0.1, 0.15) is 21.8 Å². The quantitative estimate of drug-likeness (QED) is 0.705. The summed E-state index contributed by atoms with van der Waals surface area (Å²) in [6.07, 6.45) is 6.71. The molecule has 2 aromatic heterocycles. The number of carbonyl (C=O) groups excluding carboxylic acids is 2. The molecule has 3 atom stereocenters. The van der Waals surface area contributed by atoms with E-state index in [9.17, 15) is 14.7 Å². The summed E-state index contributed by atoms with van der Waals surface area (Å²) in [5.74, 6) is -0.320. The lowest BCUT2D eigenvalue weighted by atomic mass is 9.73. The third kappa shape index (κ3) is 3.37. The minimum absolute atomic E-state index is 0.0232. The summed E-state index contributed by atoms with van der Waals surface area (Å²) in [5, 5.41) is 9.97. The molecule has 2 aliphatic rings. The number of nitrogens with zero attached hydrogens (tertiary/aromatic N) is 4. The molecule has 1 N–H and O–H groups in total. The zero-order valence-electron chi connectivity index (χ0n) is 16.8. The fraction of sp³-hybridized carbons (Fsp3) is 0.250. The van der Waals surface area contributed by atoms with Crippen molar-refractivity contribution in [1.29, 1.82) is 0 Å². The number of aliphatic hydroxyl groups is 1. The highest BCUT2D eigenvalue weighted by atomic mass is 16.3. The lowest BCUT2D eigenvalue weighted by Crippen LogP contribution is -2.73. The second-order valence-corrected chi connectivity index (χ2v) is 7.93. The Balaban J connectivity index is 1.39. The molecule has 2 amide bonds. The molecule has 156 valence electrons. The Morgan fingerprint density at radius 2 is 1.77 bits per heavy atom. The molecule has 7 heteroatoms. The summed E-state index contributed by atoms with van der Waals surface area (Å²) >= 11 is 0. The van der Waals surface area contributed by atoms with Crippen LogP contribution in [0.5, 0.6) is 0 Å². The predicted octanol–water partition coefficient (Wildman–Crippen LogP) is 1.95. The summed E-state index contributed by atoms with van der Waals surface area (Å²) in [5.41, 5.74) is 3.67. The van der Waals surface area contributed by atoms with Crippen LogP contribution in [0.15, 0.2) is 73.3 Å². The first kappa shape index (κ1) is 19.4. The van der Waals surface area contributed by atoms with Gasteiger partial charge >= 0.3 is 0 Å². The minimum Gasteiger partial charge on any atom is -0.394 e. The molecule has 0 aliphatic carbocycles. The van der Waals surface area contributed by atoms with E-state index in [1.165, 1.54) is 0 Å². The van der Waals surface area contributed by atoms with Gasteiger partial charge in [-0.1, -0.05) is 30.3 Å².